The third-order valence-corrected chi connectivity index (χ3v) is 6.91. The van der Waals surface area contributed by atoms with Gasteiger partial charge in [0, 0.05) is 11.6 Å². The summed E-state index contributed by atoms with van der Waals surface area (Å²) in [4.78, 5) is 0.283. The second-order valence-corrected chi connectivity index (χ2v) is 8.69. The van der Waals surface area contributed by atoms with E-state index in [2.05, 4.69) is 5.10 Å². The number of nitrogens with zero attached hydrogens (tertiary/aromatic N) is 2. The topological polar surface area (TPSA) is 59.0 Å². The molecule has 1 fully saturated rings. The van der Waals surface area contributed by atoms with E-state index < -0.39 is 10.0 Å². The highest BCUT2D eigenvalue weighted by atomic mass is 32.2. The molecular formula is C20H22N2O3S. The molecule has 136 valence electrons. The van der Waals surface area contributed by atoms with Gasteiger partial charge in [0.05, 0.1) is 18.0 Å². The Morgan fingerprint density at radius 1 is 1.08 bits per heavy atom. The van der Waals surface area contributed by atoms with Crippen molar-refractivity contribution in [2.24, 2.45) is 11.0 Å². The van der Waals surface area contributed by atoms with Crippen LogP contribution in [-0.2, 0) is 10.0 Å². The van der Waals surface area contributed by atoms with E-state index in [9.17, 15) is 8.42 Å². The molecule has 2 aliphatic rings. The zero-order valence-electron chi connectivity index (χ0n) is 14.9. The Labute approximate surface area is 154 Å². The minimum absolute atomic E-state index is 0.156. The van der Waals surface area contributed by atoms with Crippen LogP contribution in [0.2, 0.25) is 0 Å². The van der Waals surface area contributed by atoms with Crippen molar-refractivity contribution < 1.29 is 13.2 Å². The number of hydrogen-bond acceptors (Lipinski definition) is 4. The van der Waals surface area contributed by atoms with Crippen molar-refractivity contribution in [3.8, 4) is 5.75 Å². The van der Waals surface area contributed by atoms with E-state index >= 15 is 0 Å². The highest BCUT2D eigenvalue weighted by Gasteiger charge is 2.45. The van der Waals surface area contributed by atoms with E-state index in [4.69, 9.17) is 4.74 Å². The summed E-state index contributed by atoms with van der Waals surface area (Å²) >= 11 is 0. The third-order valence-electron chi connectivity index (χ3n) is 5.24. The monoisotopic (exact) mass is 370 g/mol. The van der Waals surface area contributed by atoms with Gasteiger partial charge in [0.2, 0.25) is 0 Å². The van der Waals surface area contributed by atoms with E-state index in [1.807, 2.05) is 43.3 Å². The van der Waals surface area contributed by atoms with Crippen molar-refractivity contribution >= 4 is 15.7 Å². The van der Waals surface area contributed by atoms with Crippen LogP contribution in [0.5, 0.6) is 5.75 Å². The average Bonchev–Trinajstić information content (AvgIpc) is 3.23. The van der Waals surface area contributed by atoms with E-state index in [1.165, 1.54) is 4.41 Å². The van der Waals surface area contributed by atoms with Crippen molar-refractivity contribution in [2.45, 2.75) is 37.1 Å². The zero-order chi connectivity index (χ0) is 18.3. The molecule has 5 nitrogen and oxygen atoms in total. The quantitative estimate of drug-likeness (QED) is 0.820. The first-order valence-electron chi connectivity index (χ1n) is 8.83. The van der Waals surface area contributed by atoms with Gasteiger partial charge in [0.25, 0.3) is 10.0 Å². The highest BCUT2D eigenvalue weighted by molar-refractivity contribution is 7.89. The minimum Gasteiger partial charge on any atom is -0.497 e. The maximum absolute atomic E-state index is 13.3. The fraction of sp³-hybridized carbons (Fsp3) is 0.350. The van der Waals surface area contributed by atoms with E-state index in [-0.39, 0.29) is 16.9 Å². The van der Waals surface area contributed by atoms with Crippen molar-refractivity contribution in [1.29, 1.82) is 0 Å². The van der Waals surface area contributed by atoms with Crippen molar-refractivity contribution in [1.82, 2.24) is 4.41 Å². The summed E-state index contributed by atoms with van der Waals surface area (Å²) in [5.41, 5.74) is 2.98. The molecule has 0 bridgehead atoms. The number of methoxy groups -OCH3 is 1. The summed E-state index contributed by atoms with van der Waals surface area (Å²) in [5, 5.41) is 4.55. The Balaban J connectivity index is 1.76. The second-order valence-electron chi connectivity index (χ2n) is 6.90. The molecule has 1 aliphatic heterocycles. The van der Waals surface area contributed by atoms with Crippen LogP contribution in [-0.4, -0.2) is 25.7 Å². The van der Waals surface area contributed by atoms with Crippen molar-refractivity contribution in [3.05, 3.63) is 59.7 Å². The van der Waals surface area contributed by atoms with Crippen LogP contribution < -0.4 is 4.74 Å². The Kier molecular flexibility index (Phi) is 4.23. The summed E-state index contributed by atoms with van der Waals surface area (Å²) in [6, 6.07) is 14.3. The van der Waals surface area contributed by atoms with E-state index in [1.54, 1.807) is 19.2 Å². The minimum atomic E-state index is -3.70. The summed E-state index contributed by atoms with van der Waals surface area (Å²) in [5.74, 6) is 0.913. The molecule has 1 aliphatic carbocycles. The second kappa shape index (κ2) is 6.43. The molecule has 1 heterocycles. The van der Waals surface area contributed by atoms with Gasteiger partial charge in [-0.25, -0.2) is 0 Å². The van der Waals surface area contributed by atoms with Crippen LogP contribution >= 0.6 is 0 Å². The Bertz CT molecular complexity index is 934. The Morgan fingerprint density at radius 3 is 2.42 bits per heavy atom. The first-order chi connectivity index (χ1) is 12.5. The molecular weight excluding hydrogens is 348 g/mol. The van der Waals surface area contributed by atoms with Gasteiger partial charge in [-0.05, 0) is 56.0 Å². The molecule has 0 aromatic heterocycles. The lowest BCUT2D eigenvalue weighted by molar-refractivity contribution is 0.317. The molecule has 0 radical (unpaired) electrons. The molecule has 2 aromatic rings. The Hall–Kier alpha value is -2.34. The van der Waals surface area contributed by atoms with E-state index in [0.717, 1.165) is 41.9 Å². The Morgan fingerprint density at radius 2 is 1.77 bits per heavy atom. The normalized spacial score (nSPS) is 22.2. The summed E-state index contributed by atoms with van der Waals surface area (Å²) < 4.78 is 33.1. The molecule has 2 aromatic carbocycles. The fourth-order valence-electron chi connectivity index (χ4n) is 3.84. The van der Waals surface area contributed by atoms with Crippen LogP contribution in [0, 0.1) is 12.8 Å². The smallest absolute Gasteiger partial charge is 0.279 e. The highest BCUT2D eigenvalue weighted by Crippen LogP contribution is 2.45. The van der Waals surface area contributed by atoms with Crippen molar-refractivity contribution in [3.63, 3.8) is 0 Å². The molecule has 0 N–H and O–H groups in total. The van der Waals surface area contributed by atoms with Crippen LogP contribution in [0.15, 0.2) is 58.5 Å². The van der Waals surface area contributed by atoms with Crippen LogP contribution in [0.25, 0.3) is 0 Å². The number of benzene rings is 2. The standard InChI is InChI=1S/C20H22N2O3S/c1-14-6-12-17(13-7-14)26(23,24)22-20(18-4-3-5-19(18)21-22)15-8-10-16(25-2)11-9-15/h6-13,18,20H,3-5H2,1-2H3. The van der Waals surface area contributed by atoms with Gasteiger partial charge >= 0.3 is 0 Å². The van der Waals surface area contributed by atoms with Crippen molar-refractivity contribution in [2.75, 3.05) is 7.11 Å². The lowest BCUT2D eigenvalue weighted by Gasteiger charge is -2.27. The lowest BCUT2D eigenvalue weighted by Crippen LogP contribution is -2.30. The van der Waals surface area contributed by atoms with Gasteiger partial charge in [-0.2, -0.15) is 17.9 Å². The molecule has 26 heavy (non-hydrogen) atoms. The number of aryl methyl sites for hydroxylation is 1. The third kappa shape index (κ3) is 2.78. The number of hydrogen-bond donors (Lipinski definition) is 0. The number of rotatable bonds is 4. The van der Waals surface area contributed by atoms with Crippen LogP contribution in [0.4, 0.5) is 0 Å². The lowest BCUT2D eigenvalue weighted by atomic mass is 9.92. The SMILES string of the molecule is COc1ccc(C2C3CCCC3=NN2S(=O)(=O)c2ccc(C)cc2)cc1. The van der Waals surface area contributed by atoms with Gasteiger partial charge in [0.1, 0.15) is 5.75 Å². The predicted octanol–water partition coefficient (Wildman–Crippen LogP) is 3.91. The number of hydrazone groups is 1. The van der Waals surface area contributed by atoms with Gasteiger partial charge in [-0.15, -0.1) is 0 Å². The zero-order valence-corrected chi connectivity index (χ0v) is 15.7. The maximum atomic E-state index is 13.3. The van der Waals surface area contributed by atoms with Crippen LogP contribution in [0.1, 0.15) is 36.4 Å². The first-order valence-corrected chi connectivity index (χ1v) is 10.3. The number of ether oxygens (including phenoxy) is 1. The van der Waals surface area contributed by atoms with Gasteiger partial charge in [0.15, 0.2) is 0 Å². The largest absolute Gasteiger partial charge is 0.497 e. The summed E-state index contributed by atoms with van der Waals surface area (Å²) in [6.07, 6.45) is 2.90. The molecule has 0 amide bonds. The number of fused-ring (bicyclic) bond motifs is 1. The molecule has 6 heteroatoms. The van der Waals surface area contributed by atoms with Gasteiger partial charge < -0.3 is 4.74 Å². The molecule has 2 unspecified atom stereocenters. The molecule has 0 spiro atoms. The number of sulfonamides is 1. The summed E-state index contributed by atoms with van der Waals surface area (Å²) in [6.45, 7) is 1.94. The van der Waals surface area contributed by atoms with E-state index in [0.29, 0.717) is 0 Å². The molecule has 0 saturated heterocycles. The molecule has 4 rings (SSSR count). The van der Waals surface area contributed by atoms with Gasteiger partial charge in [-0.1, -0.05) is 29.8 Å². The van der Waals surface area contributed by atoms with Gasteiger partial charge in [-0.3, -0.25) is 0 Å². The first kappa shape index (κ1) is 17.1. The molecule has 1 saturated carbocycles. The predicted molar refractivity (Wildman–Crippen MR) is 101 cm³/mol. The average molecular weight is 370 g/mol. The van der Waals surface area contributed by atoms with Crippen LogP contribution in [0.3, 0.4) is 0 Å². The fourth-order valence-corrected chi connectivity index (χ4v) is 5.32. The molecule has 2 atom stereocenters. The summed E-state index contributed by atoms with van der Waals surface area (Å²) in [7, 11) is -2.07. The maximum Gasteiger partial charge on any atom is 0.279 e.